The highest BCUT2D eigenvalue weighted by molar-refractivity contribution is 5.89. The Morgan fingerprint density at radius 1 is 0.943 bits per heavy atom. The summed E-state index contributed by atoms with van der Waals surface area (Å²) in [6.45, 7) is 2.78. The van der Waals surface area contributed by atoms with Gasteiger partial charge in [-0.15, -0.1) is 0 Å². The van der Waals surface area contributed by atoms with E-state index in [1.54, 1.807) is 33.5 Å². The molecule has 4 rings (SSSR count). The molecule has 0 aliphatic heterocycles. The largest absolute Gasteiger partial charge is 0.508 e. The molecule has 184 valence electrons. The van der Waals surface area contributed by atoms with Gasteiger partial charge >= 0.3 is 0 Å². The molecule has 0 aliphatic carbocycles. The summed E-state index contributed by atoms with van der Waals surface area (Å²) in [6, 6.07) is 10.9. The van der Waals surface area contributed by atoms with Crippen molar-refractivity contribution in [2.24, 2.45) is 7.05 Å². The Bertz CT molecular complexity index is 1290. The van der Waals surface area contributed by atoms with Gasteiger partial charge in [-0.25, -0.2) is 9.97 Å². The fourth-order valence-electron chi connectivity index (χ4n) is 4.10. The monoisotopic (exact) mass is 477 g/mol. The molecule has 9 heteroatoms. The number of aryl methyl sites for hydroxylation is 2. The number of aromatic hydroxyl groups is 1. The molecule has 0 radical (unpaired) electrons. The maximum atomic E-state index is 9.53. The molecule has 0 saturated carbocycles. The molecule has 4 aromatic rings. The number of nitrogens with zero attached hydrogens (tertiary/aromatic N) is 4. The summed E-state index contributed by atoms with van der Waals surface area (Å²) in [6.07, 6.45) is 2.54. The van der Waals surface area contributed by atoms with Crippen LogP contribution in [-0.2, 0) is 19.9 Å². The maximum Gasteiger partial charge on any atom is 0.203 e. The van der Waals surface area contributed by atoms with Crippen LogP contribution in [0.25, 0.3) is 22.4 Å². The average Bonchev–Trinajstić information content (AvgIpc) is 3.19. The molecule has 0 spiro atoms. The van der Waals surface area contributed by atoms with E-state index in [1.807, 2.05) is 36.0 Å². The molecule has 0 atom stereocenters. The van der Waals surface area contributed by atoms with Crippen molar-refractivity contribution in [3.05, 3.63) is 47.7 Å². The quantitative estimate of drug-likeness (QED) is 0.347. The Hall–Kier alpha value is -4.01. The number of fused-ring (bicyclic) bond motifs is 1. The number of phenolic OH excluding ortho intramolecular Hbond substituents is 1. The number of rotatable bonds is 10. The normalized spacial score (nSPS) is 11.0. The van der Waals surface area contributed by atoms with Crippen molar-refractivity contribution < 1.29 is 19.3 Å². The van der Waals surface area contributed by atoms with E-state index in [9.17, 15) is 5.11 Å². The Morgan fingerprint density at radius 2 is 1.63 bits per heavy atom. The zero-order valence-corrected chi connectivity index (χ0v) is 20.8. The number of methoxy groups -OCH3 is 3. The third-order valence-electron chi connectivity index (χ3n) is 5.80. The van der Waals surface area contributed by atoms with Crippen LogP contribution in [0, 0.1) is 0 Å². The molecular weight excluding hydrogens is 446 g/mol. The van der Waals surface area contributed by atoms with Crippen LogP contribution >= 0.6 is 0 Å². The van der Waals surface area contributed by atoms with Gasteiger partial charge in [-0.1, -0.05) is 25.5 Å². The molecule has 0 bridgehead atoms. The summed E-state index contributed by atoms with van der Waals surface area (Å²) >= 11 is 0. The number of anilines is 1. The number of aromatic nitrogens is 4. The van der Waals surface area contributed by atoms with E-state index in [0.717, 1.165) is 47.1 Å². The molecule has 0 amide bonds. The SMILES string of the molecule is CCCc1nn(C)c2c(NCCc3ccc(O)cc3)nc(-c3cc(OC)c(OC)c(OC)c3)nc12. The minimum Gasteiger partial charge on any atom is -0.508 e. The van der Waals surface area contributed by atoms with E-state index >= 15 is 0 Å². The summed E-state index contributed by atoms with van der Waals surface area (Å²) in [5, 5.41) is 17.7. The highest BCUT2D eigenvalue weighted by Gasteiger charge is 2.20. The smallest absolute Gasteiger partial charge is 0.203 e. The summed E-state index contributed by atoms with van der Waals surface area (Å²) in [7, 11) is 6.66. The lowest BCUT2D eigenvalue weighted by Gasteiger charge is -2.15. The van der Waals surface area contributed by atoms with Gasteiger partial charge in [0.15, 0.2) is 23.1 Å². The van der Waals surface area contributed by atoms with Gasteiger partial charge in [0.25, 0.3) is 0 Å². The van der Waals surface area contributed by atoms with Gasteiger partial charge in [-0.3, -0.25) is 4.68 Å². The first kappa shape index (κ1) is 24.1. The first-order valence-corrected chi connectivity index (χ1v) is 11.5. The fraction of sp³-hybridized carbons (Fsp3) is 0.346. The van der Waals surface area contributed by atoms with Gasteiger partial charge in [0.05, 0.1) is 27.0 Å². The molecule has 2 aromatic carbocycles. The molecule has 0 fully saturated rings. The van der Waals surface area contributed by atoms with Gasteiger partial charge in [0, 0.05) is 19.2 Å². The van der Waals surface area contributed by atoms with Crippen LogP contribution in [-0.4, -0.2) is 52.7 Å². The first-order chi connectivity index (χ1) is 17.0. The lowest BCUT2D eigenvalue weighted by molar-refractivity contribution is 0.324. The van der Waals surface area contributed by atoms with Gasteiger partial charge in [0.2, 0.25) is 5.75 Å². The van der Waals surface area contributed by atoms with Gasteiger partial charge in [0.1, 0.15) is 16.8 Å². The van der Waals surface area contributed by atoms with Crippen LogP contribution in [0.4, 0.5) is 5.82 Å². The summed E-state index contributed by atoms with van der Waals surface area (Å²) in [4.78, 5) is 9.80. The number of hydrogen-bond acceptors (Lipinski definition) is 8. The number of ether oxygens (including phenoxy) is 3. The molecule has 9 nitrogen and oxygen atoms in total. The molecule has 0 saturated heterocycles. The van der Waals surface area contributed by atoms with Crippen molar-refractivity contribution in [3.8, 4) is 34.4 Å². The molecule has 0 aliphatic rings. The third kappa shape index (κ3) is 4.94. The van der Waals surface area contributed by atoms with E-state index in [4.69, 9.17) is 29.3 Å². The molecular formula is C26H31N5O4. The van der Waals surface area contributed by atoms with Crippen molar-refractivity contribution in [1.29, 1.82) is 0 Å². The predicted molar refractivity (Wildman–Crippen MR) is 136 cm³/mol. The van der Waals surface area contributed by atoms with E-state index in [1.165, 1.54) is 0 Å². The summed E-state index contributed by atoms with van der Waals surface area (Å²) in [5.41, 5.74) is 4.47. The minimum absolute atomic E-state index is 0.257. The molecule has 35 heavy (non-hydrogen) atoms. The van der Waals surface area contributed by atoms with E-state index in [-0.39, 0.29) is 5.75 Å². The van der Waals surface area contributed by atoms with Crippen molar-refractivity contribution in [1.82, 2.24) is 19.7 Å². The first-order valence-electron chi connectivity index (χ1n) is 11.5. The van der Waals surface area contributed by atoms with Crippen molar-refractivity contribution in [3.63, 3.8) is 0 Å². The summed E-state index contributed by atoms with van der Waals surface area (Å²) in [5.74, 6) is 3.08. The van der Waals surface area contributed by atoms with Crippen LogP contribution in [0.3, 0.4) is 0 Å². The third-order valence-corrected chi connectivity index (χ3v) is 5.80. The number of benzene rings is 2. The standard InChI is InChI=1S/C26H31N5O4/c1-6-7-19-22-23(31(2)30-19)26(27-13-12-16-8-10-18(32)11-9-16)29-25(28-22)17-14-20(33-3)24(35-5)21(15-17)34-4/h8-11,14-15,32H,6-7,12-13H2,1-5H3,(H,27,28,29). The average molecular weight is 478 g/mol. The van der Waals surface area contributed by atoms with E-state index in [0.29, 0.717) is 35.4 Å². The lowest BCUT2D eigenvalue weighted by atomic mass is 10.1. The molecule has 0 unspecified atom stereocenters. The van der Waals surface area contributed by atoms with E-state index < -0.39 is 0 Å². The van der Waals surface area contributed by atoms with Gasteiger partial charge < -0.3 is 24.6 Å². The highest BCUT2D eigenvalue weighted by atomic mass is 16.5. The van der Waals surface area contributed by atoms with Crippen LogP contribution in [0.15, 0.2) is 36.4 Å². The Labute approximate surface area is 204 Å². The maximum absolute atomic E-state index is 9.53. The number of phenols is 1. The van der Waals surface area contributed by atoms with Crippen LogP contribution < -0.4 is 19.5 Å². The Kier molecular flexibility index (Phi) is 7.24. The van der Waals surface area contributed by atoms with E-state index in [2.05, 4.69) is 12.2 Å². The zero-order chi connectivity index (χ0) is 24.9. The minimum atomic E-state index is 0.257. The molecule has 2 heterocycles. The lowest BCUT2D eigenvalue weighted by Crippen LogP contribution is -2.09. The topological polar surface area (TPSA) is 104 Å². The fourth-order valence-corrected chi connectivity index (χ4v) is 4.10. The second kappa shape index (κ2) is 10.5. The molecule has 2 N–H and O–H groups in total. The summed E-state index contributed by atoms with van der Waals surface area (Å²) < 4.78 is 18.4. The number of nitrogens with one attached hydrogen (secondary N) is 1. The zero-order valence-electron chi connectivity index (χ0n) is 20.8. The predicted octanol–water partition coefficient (Wildman–Crippen LogP) is 4.37. The second-order valence-corrected chi connectivity index (χ2v) is 8.17. The van der Waals surface area contributed by atoms with Crippen molar-refractivity contribution >= 4 is 16.9 Å². The van der Waals surface area contributed by atoms with Crippen molar-refractivity contribution in [2.45, 2.75) is 26.2 Å². The van der Waals surface area contributed by atoms with Gasteiger partial charge in [-0.2, -0.15) is 5.10 Å². The Balaban J connectivity index is 1.78. The van der Waals surface area contributed by atoms with Gasteiger partial charge in [-0.05, 0) is 42.7 Å². The van der Waals surface area contributed by atoms with Crippen molar-refractivity contribution in [2.75, 3.05) is 33.2 Å². The number of hydrogen-bond donors (Lipinski definition) is 2. The second-order valence-electron chi connectivity index (χ2n) is 8.17. The molecule has 2 aromatic heterocycles. The van der Waals surface area contributed by atoms with Crippen LogP contribution in [0.1, 0.15) is 24.6 Å². The highest BCUT2D eigenvalue weighted by Crippen LogP contribution is 2.41. The Morgan fingerprint density at radius 3 is 2.23 bits per heavy atom. The van der Waals surface area contributed by atoms with Crippen LogP contribution in [0.2, 0.25) is 0 Å². The van der Waals surface area contributed by atoms with Crippen LogP contribution in [0.5, 0.6) is 23.0 Å².